The van der Waals surface area contributed by atoms with Crippen molar-refractivity contribution in [3.8, 4) is 0 Å². The first kappa shape index (κ1) is 7.89. The van der Waals surface area contributed by atoms with Crippen molar-refractivity contribution >= 4 is 0 Å². The molecule has 0 aromatic rings. The van der Waals surface area contributed by atoms with Crippen LogP contribution in [0.1, 0.15) is 19.3 Å². The van der Waals surface area contributed by atoms with Crippen LogP contribution in [0, 0.1) is 23.2 Å². The third-order valence-electron chi connectivity index (χ3n) is 5.55. The minimum atomic E-state index is -0.104. The zero-order chi connectivity index (χ0) is 9.55. The molecule has 0 amide bonds. The number of aliphatic hydroxyl groups is 1. The third-order valence-corrected chi connectivity index (χ3v) is 5.55. The predicted molar refractivity (Wildman–Crippen MR) is 51.6 cm³/mol. The van der Waals surface area contributed by atoms with Crippen LogP contribution < -0.4 is 0 Å². The average molecular weight is 192 g/mol. The molecule has 2 nitrogen and oxygen atoms in total. The van der Waals surface area contributed by atoms with Gasteiger partial charge in [-0.05, 0) is 25.2 Å². The highest BCUT2D eigenvalue weighted by Gasteiger charge is 2.89. The Morgan fingerprint density at radius 2 is 2.21 bits per heavy atom. The van der Waals surface area contributed by atoms with Crippen LogP contribution in [0.2, 0.25) is 0 Å². The van der Waals surface area contributed by atoms with E-state index in [9.17, 15) is 5.11 Å². The van der Waals surface area contributed by atoms with E-state index in [2.05, 4.69) is 12.2 Å². The zero-order valence-corrected chi connectivity index (χ0v) is 8.44. The molecule has 6 atom stereocenters. The second-order valence-corrected chi connectivity index (χ2v) is 5.43. The van der Waals surface area contributed by atoms with Gasteiger partial charge in [-0.15, -0.1) is 0 Å². The topological polar surface area (TPSA) is 29.5 Å². The fourth-order valence-corrected chi connectivity index (χ4v) is 5.26. The van der Waals surface area contributed by atoms with Gasteiger partial charge in [-0.3, -0.25) is 0 Å². The first-order valence-electron chi connectivity index (χ1n) is 5.70. The van der Waals surface area contributed by atoms with Crippen LogP contribution >= 0.6 is 0 Å². The molecule has 3 fully saturated rings. The molecule has 1 N–H and O–H groups in total. The quantitative estimate of drug-likeness (QED) is 0.635. The fraction of sp³-hybridized carbons (Fsp3) is 0.833. The van der Waals surface area contributed by atoms with E-state index in [1.54, 1.807) is 0 Å². The molecule has 1 spiro atoms. The smallest absolute Gasteiger partial charge is 0.0900 e. The molecule has 0 saturated heterocycles. The minimum Gasteiger partial charge on any atom is -0.392 e. The summed E-state index contributed by atoms with van der Waals surface area (Å²) in [5.74, 6) is 1.85. The van der Waals surface area contributed by atoms with Gasteiger partial charge in [0.1, 0.15) is 0 Å². The van der Waals surface area contributed by atoms with Crippen molar-refractivity contribution in [2.24, 2.45) is 23.2 Å². The van der Waals surface area contributed by atoms with E-state index in [0.717, 1.165) is 12.3 Å². The van der Waals surface area contributed by atoms with Gasteiger partial charge in [0.25, 0.3) is 0 Å². The van der Waals surface area contributed by atoms with Crippen LogP contribution in [0.3, 0.4) is 0 Å². The van der Waals surface area contributed by atoms with Gasteiger partial charge in [-0.1, -0.05) is 12.2 Å². The first-order valence-corrected chi connectivity index (χ1v) is 5.70. The summed E-state index contributed by atoms with van der Waals surface area (Å²) >= 11 is 0. The monoisotopic (exact) mass is 192 g/mol. The average Bonchev–Trinajstić information content (AvgIpc) is 2.42. The second-order valence-electron chi connectivity index (χ2n) is 5.43. The van der Waals surface area contributed by atoms with Gasteiger partial charge in [-0.25, -0.2) is 0 Å². The van der Waals surface area contributed by atoms with Crippen LogP contribution in [-0.2, 0) is 4.74 Å². The number of hydrogen-bond acceptors (Lipinski definition) is 2. The second kappa shape index (κ2) is 1.96. The lowest BCUT2D eigenvalue weighted by Gasteiger charge is -2.22. The molecule has 0 radical (unpaired) electrons. The van der Waals surface area contributed by atoms with E-state index < -0.39 is 0 Å². The molecule has 0 heterocycles. The minimum absolute atomic E-state index is 0.0214. The Labute approximate surface area is 83.9 Å². The Morgan fingerprint density at radius 3 is 2.93 bits per heavy atom. The Hall–Kier alpha value is -0.340. The normalized spacial score (nSPS) is 67.0. The number of rotatable bonds is 1. The van der Waals surface area contributed by atoms with Crippen molar-refractivity contribution in [1.29, 1.82) is 0 Å². The van der Waals surface area contributed by atoms with Gasteiger partial charge < -0.3 is 9.84 Å². The van der Waals surface area contributed by atoms with Crippen LogP contribution in [0.25, 0.3) is 0 Å². The predicted octanol–water partition coefficient (Wildman–Crippen LogP) is 1.35. The van der Waals surface area contributed by atoms with Gasteiger partial charge >= 0.3 is 0 Å². The lowest BCUT2D eigenvalue weighted by Crippen LogP contribution is -2.30. The maximum Gasteiger partial charge on any atom is 0.0900 e. The molecule has 4 aliphatic rings. The van der Waals surface area contributed by atoms with E-state index in [-0.39, 0.29) is 17.1 Å². The SMILES string of the molecule is CO[C@@]12[C@H]3C=C[C@@H]1[C@]21[C@@H](CC[C@@H]1O)C3. The molecule has 3 saturated carbocycles. The summed E-state index contributed by atoms with van der Waals surface area (Å²) in [6, 6.07) is 0. The lowest BCUT2D eigenvalue weighted by atomic mass is 9.90. The highest BCUT2D eigenvalue weighted by molar-refractivity contribution is 5.46. The van der Waals surface area contributed by atoms with Crippen molar-refractivity contribution in [2.45, 2.75) is 31.0 Å². The lowest BCUT2D eigenvalue weighted by molar-refractivity contribution is -0.00400. The van der Waals surface area contributed by atoms with E-state index in [1.165, 1.54) is 12.8 Å². The van der Waals surface area contributed by atoms with E-state index in [1.807, 2.05) is 7.11 Å². The van der Waals surface area contributed by atoms with Crippen molar-refractivity contribution in [3.63, 3.8) is 0 Å². The molecular weight excluding hydrogens is 176 g/mol. The summed E-state index contributed by atoms with van der Waals surface area (Å²) in [6.07, 6.45) is 7.98. The van der Waals surface area contributed by atoms with E-state index in [0.29, 0.717) is 11.8 Å². The van der Waals surface area contributed by atoms with Gasteiger partial charge in [0, 0.05) is 24.4 Å². The molecule has 14 heavy (non-hydrogen) atoms. The largest absolute Gasteiger partial charge is 0.392 e. The molecule has 4 aliphatic carbocycles. The molecule has 0 bridgehead atoms. The summed E-state index contributed by atoms with van der Waals surface area (Å²) < 4.78 is 5.81. The number of ether oxygens (including phenoxy) is 1. The van der Waals surface area contributed by atoms with Gasteiger partial charge in [0.15, 0.2) is 0 Å². The van der Waals surface area contributed by atoms with Gasteiger partial charge in [0.2, 0.25) is 0 Å². The Balaban J connectivity index is 1.90. The molecule has 0 aromatic carbocycles. The Bertz CT molecular complexity index is 337. The molecule has 0 unspecified atom stereocenters. The van der Waals surface area contributed by atoms with E-state index >= 15 is 0 Å². The van der Waals surface area contributed by atoms with Crippen LogP contribution in [0.5, 0.6) is 0 Å². The van der Waals surface area contributed by atoms with Gasteiger partial charge in [0.05, 0.1) is 11.7 Å². The molecular formula is C12H16O2. The van der Waals surface area contributed by atoms with Crippen molar-refractivity contribution in [3.05, 3.63) is 12.2 Å². The number of aliphatic hydroxyl groups excluding tert-OH is 1. The highest BCUT2D eigenvalue weighted by Crippen LogP contribution is 2.84. The summed E-state index contributed by atoms with van der Waals surface area (Å²) in [6.45, 7) is 0. The van der Waals surface area contributed by atoms with E-state index in [4.69, 9.17) is 4.74 Å². The van der Waals surface area contributed by atoms with Crippen LogP contribution in [0.15, 0.2) is 12.2 Å². The van der Waals surface area contributed by atoms with Crippen molar-refractivity contribution < 1.29 is 9.84 Å². The fourth-order valence-electron chi connectivity index (χ4n) is 5.26. The molecule has 2 heteroatoms. The summed E-state index contributed by atoms with van der Waals surface area (Å²) in [5.41, 5.74) is 0.161. The summed E-state index contributed by atoms with van der Waals surface area (Å²) in [4.78, 5) is 0. The maximum atomic E-state index is 10.2. The molecule has 0 aliphatic heterocycles. The number of hydrogen-bond donors (Lipinski definition) is 1. The molecule has 0 aromatic heterocycles. The van der Waals surface area contributed by atoms with Crippen LogP contribution in [0.4, 0.5) is 0 Å². The Morgan fingerprint density at radius 1 is 1.36 bits per heavy atom. The highest BCUT2D eigenvalue weighted by atomic mass is 16.5. The zero-order valence-electron chi connectivity index (χ0n) is 8.44. The van der Waals surface area contributed by atoms with Crippen molar-refractivity contribution in [1.82, 2.24) is 0 Å². The van der Waals surface area contributed by atoms with Crippen molar-refractivity contribution in [2.75, 3.05) is 7.11 Å². The standard InChI is InChI=1S/C12H16O2/c1-14-12-8-2-4-9(12)11(12)7(6-8)3-5-10(11)13/h2,4,7-10,13H,3,5-6H2,1H3/t7-,8-,9+,10-,11-,12-/m0/s1. The van der Waals surface area contributed by atoms with Gasteiger partial charge in [-0.2, -0.15) is 0 Å². The first-order chi connectivity index (χ1) is 6.78. The summed E-state index contributed by atoms with van der Waals surface area (Å²) in [7, 11) is 1.83. The third kappa shape index (κ3) is 0.460. The maximum absolute atomic E-state index is 10.2. The summed E-state index contributed by atoms with van der Waals surface area (Å²) in [5, 5.41) is 10.2. The van der Waals surface area contributed by atoms with Crippen LogP contribution in [-0.4, -0.2) is 23.9 Å². The molecule has 76 valence electrons. The number of methoxy groups -OCH3 is 1. The Kier molecular flexibility index (Phi) is 1.10. The molecule has 4 rings (SSSR count).